The number of amides is 2. The fourth-order valence-corrected chi connectivity index (χ4v) is 4.58. The van der Waals surface area contributed by atoms with Gasteiger partial charge < -0.3 is 25.2 Å². The number of alkyl carbamates (subject to hydrolysis) is 1. The average Bonchev–Trinajstić information content (AvgIpc) is 3.62. The summed E-state index contributed by atoms with van der Waals surface area (Å²) in [6.45, 7) is -2.31. The van der Waals surface area contributed by atoms with Crippen LogP contribution in [0.4, 0.5) is 13.6 Å². The highest BCUT2D eigenvalue weighted by atomic mass is 19.3. The Bertz CT molecular complexity index is 1080. The summed E-state index contributed by atoms with van der Waals surface area (Å²) in [5.74, 6) is -8.22. The number of rotatable bonds is 10. The Balaban J connectivity index is 1.45. The highest BCUT2D eigenvalue weighted by Gasteiger charge is 2.56. The molecule has 2 amide bonds. The Hall–Kier alpha value is -3.53. The lowest BCUT2D eigenvalue weighted by molar-refractivity contribution is -0.166. The van der Waals surface area contributed by atoms with Crippen molar-refractivity contribution in [2.45, 2.75) is 30.7 Å². The molecule has 0 heterocycles. The second-order valence-corrected chi connectivity index (χ2v) is 8.75. The van der Waals surface area contributed by atoms with Gasteiger partial charge in [-0.25, -0.2) is 4.79 Å². The van der Waals surface area contributed by atoms with Gasteiger partial charge in [0.2, 0.25) is 0 Å². The van der Waals surface area contributed by atoms with Crippen molar-refractivity contribution in [3.8, 4) is 11.1 Å². The first kappa shape index (κ1) is 24.6. The van der Waals surface area contributed by atoms with Crippen LogP contribution < -0.4 is 5.32 Å². The van der Waals surface area contributed by atoms with E-state index in [1.54, 1.807) is 0 Å². The third-order valence-electron chi connectivity index (χ3n) is 6.37. The Morgan fingerprint density at radius 1 is 1.06 bits per heavy atom. The SMILES string of the molecule is O=C(O)CN(CCO)C(=O)C(F)(F)C(NC(=O)OCC1c2ccccc2-c2ccccc21)C1CC1. The van der Waals surface area contributed by atoms with Crippen LogP contribution in [-0.2, 0) is 14.3 Å². The van der Waals surface area contributed by atoms with Gasteiger partial charge in [0.25, 0.3) is 5.91 Å². The van der Waals surface area contributed by atoms with Crippen LogP contribution in [0.5, 0.6) is 0 Å². The number of hydrogen-bond donors (Lipinski definition) is 3. The van der Waals surface area contributed by atoms with E-state index in [2.05, 4.69) is 5.32 Å². The van der Waals surface area contributed by atoms with E-state index in [0.717, 1.165) is 22.3 Å². The van der Waals surface area contributed by atoms with Crippen LogP contribution >= 0.6 is 0 Å². The molecule has 2 aromatic carbocycles. The fraction of sp³-hybridized carbons (Fsp3) is 0.400. The zero-order valence-electron chi connectivity index (χ0n) is 18.8. The number of carboxylic acid groups (broad SMARTS) is 1. The average molecular weight is 488 g/mol. The number of carboxylic acids is 1. The normalized spacial score (nSPS) is 15.6. The van der Waals surface area contributed by atoms with Gasteiger partial charge in [-0.15, -0.1) is 0 Å². The molecule has 1 saturated carbocycles. The number of alkyl halides is 2. The molecule has 3 N–H and O–H groups in total. The molecule has 2 aliphatic rings. The number of aliphatic hydroxyl groups excluding tert-OH is 1. The third-order valence-corrected chi connectivity index (χ3v) is 6.37. The molecular weight excluding hydrogens is 462 g/mol. The molecule has 0 saturated heterocycles. The number of hydrogen-bond acceptors (Lipinski definition) is 5. The molecule has 1 fully saturated rings. The number of aliphatic carboxylic acids is 1. The Morgan fingerprint density at radius 3 is 2.14 bits per heavy atom. The lowest BCUT2D eigenvalue weighted by Crippen LogP contribution is -2.58. The van der Waals surface area contributed by atoms with Crippen molar-refractivity contribution in [1.82, 2.24) is 10.2 Å². The summed E-state index contributed by atoms with van der Waals surface area (Å²) in [5, 5.41) is 20.1. The number of ether oxygens (including phenoxy) is 1. The molecule has 1 unspecified atom stereocenters. The monoisotopic (exact) mass is 488 g/mol. The molecule has 0 spiro atoms. The van der Waals surface area contributed by atoms with Gasteiger partial charge in [0.1, 0.15) is 19.2 Å². The van der Waals surface area contributed by atoms with E-state index in [1.807, 2.05) is 48.5 Å². The topological polar surface area (TPSA) is 116 Å². The van der Waals surface area contributed by atoms with E-state index < -0.39 is 55.5 Å². The van der Waals surface area contributed by atoms with E-state index in [0.29, 0.717) is 17.7 Å². The van der Waals surface area contributed by atoms with E-state index in [4.69, 9.17) is 14.9 Å². The highest BCUT2D eigenvalue weighted by molar-refractivity contribution is 5.88. The van der Waals surface area contributed by atoms with Crippen molar-refractivity contribution in [2.24, 2.45) is 5.92 Å². The van der Waals surface area contributed by atoms with Gasteiger partial charge in [0, 0.05) is 12.5 Å². The zero-order valence-corrected chi connectivity index (χ0v) is 18.8. The minimum atomic E-state index is -4.07. The van der Waals surface area contributed by atoms with Gasteiger partial charge in [-0.3, -0.25) is 9.59 Å². The predicted molar refractivity (Wildman–Crippen MR) is 121 cm³/mol. The van der Waals surface area contributed by atoms with Crippen molar-refractivity contribution in [1.29, 1.82) is 0 Å². The quantitative estimate of drug-likeness (QED) is 0.474. The zero-order chi connectivity index (χ0) is 25.2. The van der Waals surface area contributed by atoms with Gasteiger partial charge in [-0.2, -0.15) is 8.78 Å². The van der Waals surface area contributed by atoms with Crippen LogP contribution in [-0.4, -0.2) is 71.4 Å². The van der Waals surface area contributed by atoms with Crippen LogP contribution in [0.15, 0.2) is 48.5 Å². The summed E-state index contributed by atoms with van der Waals surface area (Å²) < 4.78 is 35.7. The van der Waals surface area contributed by atoms with E-state index in [-0.39, 0.29) is 12.5 Å². The number of benzene rings is 2. The fourth-order valence-electron chi connectivity index (χ4n) is 4.58. The van der Waals surface area contributed by atoms with Gasteiger partial charge >= 0.3 is 18.0 Å². The summed E-state index contributed by atoms with van der Waals surface area (Å²) in [6, 6.07) is 13.5. The molecule has 1 atom stereocenters. The highest BCUT2D eigenvalue weighted by Crippen LogP contribution is 2.45. The maximum Gasteiger partial charge on any atom is 0.407 e. The first-order valence-corrected chi connectivity index (χ1v) is 11.4. The molecule has 10 heteroatoms. The first-order chi connectivity index (χ1) is 16.7. The molecule has 4 rings (SSSR count). The van der Waals surface area contributed by atoms with Crippen molar-refractivity contribution in [3.63, 3.8) is 0 Å². The van der Waals surface area contributed by atoms with Crippen molar-refractivity contribution in [3.05, 3.63) is 59.7 Å². The molecule has 0 radical (unpaired) electrons. The molecule has 35 heavy (non-hydrogen) atoms. The largest absolute Gasteiger partial charge is 0.480 e. The predicted octanol–water partition coefficient (Wildman–Crippen LogP) is 2.84. The molecule has 2 aromatic rings. The Labute approximate surface area is 200 Å². The number of nitrogens with zero attached hydrogens (tertiary/aromatic N) is 1. The second kappa shape index (κ2) is 9.99. The van der Waals surface area contributed by atoms with Crippen LogP contribution in [0, 0.1) is 5.92 Å². The summed E-state index contributed by atoms with van der Waals surface area (Å²) in [6.07, 6.45) is -0.310. The van der Waals surface area contributed by atoms with Gasteiger partial charge in [0.05, 0.1) is 6.61 Å². The standard InChI is InChI=1S/C25H26F2N2O6/c26-25(27,23(33)29(11-12-30)13-21(31)32)22(15-9-10-15)28-24(34)35-14-20-18-7-3-1-5-16(18)17-6-2-4-8-19(17)20/h1-8,15,20,22,30H,9-14H2,(H,28,34)(H,31,32). The molecule has 2 aliphatic carbocycles. The molecule has 0 aliphatic heterocycles. The third kappa shape index (κ3) is 5.12. The number of aliphatic hydroxyl groups is 1. The second-order valence-electron chi connectivity index (χ2n) is 8.75. The maximum absolute atomic E-state index is 15.2. The summed E-state index contributed by atoms with van der Waals surface area (Å²) in [4.78, 5) is 36.4. The van der Waals surface area contributed by atoms with Crippen molar-refractivity contribution >= 4 is 18.0 Å². The Kier molecular flexibility index (Phi) is 7.02. The number of carbonyl (C=O) groups excluding carboxylic acids is 2. The number of carbonyl (C=O) groups is 3. The molecule has 8 nitrogen and oxygen atoms in total. The minimum absolute atomic E-state index is 0.0770. The number of halogens is 2. The summed E-state index contributed by atoms with van der Waals surface area (Å²) in [5.41, 5.74) is 3.98. The van der Waals surface area contributed by atoms with Crippen LogP contribution in [0.3, 0.4) is 0 Å². The van der Waals surface area contributed by atoms with Gasteiger partial charge in [-0.05, 0) is 41.0 Å². The number of nitrogens with one attached hydrogen (secondary N) is 1. The molecule has 0 bridgehead atoms. The van der Waals surface area contributed by atoms with Crippen LogP contribution in [0.25, 0.3) is 11.1 Å². The summed E-state index contributed by atoms with van der Waals surface area (Å²) in [7, 11) is 0. The molecule has 0 aromatic heterocycles. The molecule has 186 valence electrons. The summed E-state index contributed by atoms with van der Waals surface area (Å²) >= 11 is 0. The Morgan fingerprint density at radius 2 is 1.63 bits per heavy atom. The van der Waals surface area contributed by atoms with Crippen LogP contribution in [0.2, 0.25) is 0 Å². The number of fused-ring (bicyclic) bond motifs is 3. The minimum Gasteiger partial charge on any atom is -0.480 e. The molecular formula is C25H26F2N2O6. The van der Waals surface area contributed by atoms with Gasteiger partial charge in [0.15, 0.2) is 0 Å². The van der Waals surface area contributed by atoms with E-state index in [9.17, 15) is 14.4 Å². The van der Waals surface area contributed by atoms with E-state index >= 15 is 8.78 Å². The van der Waals surface area contributed by atoms with Crippen LogP contribution in [0.1, 0.15) is 29.9 Å². The maximum atomic E-state index is 15.2. The smallest absolute Gasteiger partial charge is 0.407 e. The van der Waals surface area contributed by atoms with Crippen molar-refractivity contribution in [2.75, 3.05) is 26.3 Å². The van der Waals surface area contributed by atoms with Gasteiger partial charge in [-0.1, -0.05) is 48.5 Å². The lowest BCUT2D eigenvalue weighted by atomic mass is 9.98. The van der Waals surface area contributed by atoms with Crippen molar-refractivity contribution < 1.29 is 38.1 Å². The first-order valence-electron chi connectivity index (χ1n) is 11.4. The lowest BCUT2D eigenvalue weighted by Gasteiger charge is -2.31. The van der Waals surface area contributed by atoms with E-state index in [1.165, 1.54) is 0 Å².